The number of carbonyl (C=O) groups is 2. The third kappa shape index (κ3) is 6.44. The van der Waals surface area contributed by atoms with Gasteiger partial charge in [-0.05, 0) is 141 Å². The summed E-state index contributed by atoms with van der Waals surface area (Å²) in [5, 5.41) is 10.4. The zero-order valence-corrected chi connectivity index (χ0v) is 36.9. The molecule has 0 spiro atoms. The number of Topliss-reactive ketones (excluding diaryl/α,β-unsaturated/α-hetero) is 1. The van der Waals surface area contributed by atoms with E-state index in [1.807, 2.05) is 28.9 Å². The monoisotopic (exact) mass is 801 g/mol. The number of fused-ring (bicyclic) bond motifs is 7. The van der Waals surface area contributed by atoms with Gasteiger partial charge in [-0.2, -0.15) is 0 Å². The van der Waals surface area contributed by atoms with E-state index in [0.717, 1.165) is 68.3 Å². The van der Waals surface area contributed by atoms with E-state index < -0.39 is 11.4 Å². The predicted molar refractivity (Wildman–Crippen MR) is 227 cm³/mol. The Bertz CT molecular complexity index is 2040. The molecule has 1 aromatic carbocycles. The second-order valence-electron chi connectivity index (χ2n) is 21.2. The fourth-order valence-electron chi connectivity index (χ4n) is 14.2. The van der Waals surface area contributed by atoms with Gasteiger partial charge in [-0.3, -0.25) is 19.1 Å². The number of allylic oxidation sites excluding steroid dienone is 3. The maximum Gasteiger partial charge on any atom is 0.309 e. The van der Waals surface area contributed by atoms with Crippen LogP contribution in [0.25, 0.3) is 5.69 Å². The van der Waals surface area contributed by atoms with Crippen molar-refractivity contribution in [1.82, 2.24) is 9.36 Å². The summed E-state index contributed by atoms with van der Waals surface area (Å²) in [6.07, 6.45) is 9.91. The van der Waals surface area contributed by atoms with Crippen LogP contribution in [0.5, 0.6) is 0 Å². The van der Waals surface area contributed by atoms with Crippen molar-refractivity contribution >= 4 is 23.4 Å². The maximum absolute atomic E-state index is 14.4. The van der Waals surface area contributed by atoms with Crippen molar-refractivity contribution in [2.45, 2.75) is 146 Å². The van der Waals surface area contributed by atoms with Crippen molar-refractivity contribution < 1.29 is 19.4 Å². The lowest BCUT2D eigenvalue weighted by molar-refractivity contribution is -0.230. The summed E-state index contributed by atoms with van der Waals surface area (Å²) in [7, 11) is 0. The minimum absolute atomic E-state index is 0.00580. The Labute approximate surface area is 345 Å². The number of benzene rings is 1. The first kappa shape index (κ1) is 42.0. The van der Waals surface area contributed by atoms with Gasteiger partial charge in [-0.1, -0.05) is 72.2 Å². The van der Waals surface area contributed by atoms with Gasteiger partial charge >= 0.3 is 5.97 Å². The van der Waals surface area contributed by atoms with E-state index in [1.165, 1.54) is 5.57 Å². The molecule has 0 amide bonds. The van der Waals surface area contributed by atoms with Crippen LogP contribution in [0.15, 0.2) is 58.6 Å². The Morgan fingerprint density at radius 3 is 2.30 bits per heavy atom. The van der Waals surface area contributed by atoms with E-state index in [2.05, 4.69) is 55.0 Å². The van der Waals surface area contributed by atoms with Gasteiger partial charge in [-0.25, -0.2) is 4.68 Å². The summed E-state index contributed by atoms with van der Waals surface area (Å²) in [6, 6.07) is 9.15. The SMILES string of the molecule is C=C(CC(C)(C)C(=O)O)O[C@H]1CC[C@]2(C)[C@H]3CCC4C5=C(C(C)C)C(=O)C[C@]5(Cc5cc(=O)n(-c6ccc(Cl)cc6)n5CCN)CC[C@@]4(C)[C@@]3(C)CC[C@H]2C1(C)C. The van der Waals surface area contributed by atoms with Gasteiger partial charge in [0, 0.05) is 47.0 Å². The molecular formula is C48H68ClN3O5. The van der Waals surface area contributed by atoms with Crippen molar-refractivity contribution in [1.29, 1.82) is 0 Å². The predicted octanol–water partition coefficient (Wildman–Crippen LogP) is 10.2. The van der Waals surface area contributed by atoms with Crippen LogP contribution in [0.4, 0.5) is 0 Å². The number of aromatic nitrogens is 2. The molecule has 7 rings (SSSR count). The Morgan fingerprint density at radius 1 is 0.982 bits per heavy atom. The molecule has 2 aromatic rings. The van der Waals surface area contributed by atoms with Crippen LogP contribution in [0, 0.1) is 56.2 Å². The van der Waals surface area contributed by atoms with Crippen LogP contribution in [-0.2, 0) is 27.3 Å². The van der Waals surface area contributed by atoms with E-state index in [1.54, 1.807) is 24.6 Å². The second kappa shape index (κ2) is 14.3. The fourth-order valence-corrected chi connectivity index (χ4v) is 14.3. The van der Waals surface area contributed by atoms with Gasteiger partial charge in [0.1, 0.15) is 6.10 Å². The third-order valence-electron chi connectivity index (χ3n) is 17.0. The number of ether oxygens (including phenoxy) is 1. The minimum atomic E-state index is -0.926. The van der Waals surface area contributed by atoms with Crippen LogP contribution in [0.1, 0.15) is 132 Å². The van der Waals surface area contributed by atoms with Crippen molar-refractivity contribution in [3.63, 3.8) is 0 Å². The highest BCUT2D eigenvalue weighted by molar-refractivity contribution is 6.30. The number of carboxylic acid groups (broad SMARTS) is 1. The van der Waals surface area contributed by atoms with Gasteiger partial charge in [0.2, 0.25) is 0 Å². The molecule has 1 unspecified atom stereocenters. The number of aliphatic carboxylic acids is 1. The molecule has 0 radical (unpaired) electrons. The van der Waals surface area contributed by atoms with Gasteiger partial charge < -0.3 is 15.6 Å². The van der Waals surface area contributed by atoms with E-state index >= 15 is 0 Å². The summed E-state index contributed by atoms with van der Waals surface area (Å²) in [4.78, 5) is 40.0. The standard InChI is InChI=1S/C48H68ClN3O5/c1-29(2)40-35(53)28-48(27-33-25-39(54)52(51(33)24-23-50)32-13-11-31(49)12-14-32)22-21-46(9)34(41(40)48)15-16-37-45(8)19-18-38(57-30(3)26-43(4,5)42(55)56)44(6,7)36(45)17-20-47(37,46)10/h11-14,25,29,34,36-38H,3,15-24,26-28,50H2,1-2,4-10H3,(H,55,56)/t34?,36-,37+,38-,45-,46+,47-,48+/m0/s1. The average molecular weight is 803 g/mol. The first-order valence-electron chi connectivity index (χ1n) is 21.7. The second-order valence-corrected chi connectivity index (χ2v) is 21.6. The molecule has 8 nitrogen and oxygen atoms in total. The van der Waals surface area contributed by atoms with E-state index in [0.29, 0.717) is 66.7 Å². The van der Waals surface area contributed by atoms with Gasteiger partial charge in [0.05, 0.1) is 23.4 Å². The first-order valence-corrected chi connectivity index (χ1v) is 22.1. The number of hydrogen-bond acceptors (Lipinski definition) is 5. The summed E-state index contributed by atoms with van der Waals surface area (Å²) in [5.41, 5.74) is 9.17. The molecule has 5 aliphatic carbocycles. The van der Waals surface area contributed by atoms with Crippen LogP contribution < -0.4 is 11.3 Å². The lowest BCUT2D eigenvalue weighted by Gasteiger charge is -2.72. The van der Waals surface area contributed by atoms with Crippen molar-refractivity contribution in [3.05, 3.63) is 74.9 Å². The number of nitrogens with zero attached hydrogens (tertiary/aromatic N) is 2. The molecule has 8 atom stereocenters. The Balaban J connectivity index is 1.21. The molecule has 4 fully saturated rings. The molecule has 9 heteroatoms. The van der Waals surface area contributed by atoms with Crippen LogP contribution in [0.2, 0.25) is 5.02 Å². The minimum Gasteiger partial charge on any atom is -0.495 e. The Morgan fingerprint density at radius 2 is 1.67 bits per heavy atom. The van der Waals surface area contributed by atoms with Gasteiger partial charge in [0.25, 0.3) is 5.56 Å². The molecule has 312 valence electrons. The third-order valence-corrected chi connectivity index (χ3v) is 17.3. The number of ketones is 1. The Hall–Kier alpha value is -3.10. The molecule has 0 saturated heterocycles. The van der Waals surface area contributed by atoms with Crippen molar-refractivity contribution in [2.75, 3.05) is 6.54 Å². The maximum atomic E-state index is 14.4. The smallest absolute Gasteiger partial charge is 0.309 e. The average Bonchev–Trinajstić information content (AvgIpc) is 3.58. The molecule has 1 aromatic heterocycles. The summed E-state index contributed by atoms with van der Waals surface area (Å²) in [5.74, 6) is 1.47. The summed E-state index contributed by atoms with van der Waals surface area (Å²) in [6.45, 7) is 25.5. The van der Waals surface area contributed by atoms with Crippen molar-refractivity contribution in [2.24, 2.45) is 61.9 Å². The molecule has 5 aliphatic rings. The normalized spacial score (nSPS) is 34.7. The summed E-state index contributed by atoms with van der Waals surface area (Å²) >= 11 is 6.23. The van der Waals surface area contributed by atoms with Crippen LogP contribution in [-0.4, -0.2) is 38.9 Å². The van der Waals surface area contributed by atoms with E-state index in [4.69, 9.17) is 22.1 Å². The van der Waals surface area contributed by atoms with Gasteiger partial charge in [-0.15, -0.1) is 0 Å². The topological polar surface area (TPSA) is 117 Å². The van der Waals surface area contributed by atoms with Crippen molar-refractivity contribution in [3.8, 4) is 5.69 Å². The highest BCUT2D eigenvalue weighted by Crippen LogP contribution is 2.77. The highest BCUT2D eigenvalue weighted by atomic mass is 35.5. The first-order chi connectivity index (χ1) is 26.6. The molecule has 3 N–H and O–H groups in total. The number of carboxylic acids is 1. The molecule has 0 bridgehead atoms. The van der Waals surface area contributed by atoms with Crippen LogP contribution >= 0.6 is 11.6 Å². The number of rotatable bonds is 11. The highest BCUT2D eigenvalue weighted by Gasteiger charge is 2.70. The largest absolute Gasteiger partial charge is 0.495 e. The lowest BCUT2D eigenvalue weighted by atomic mass is 9.33. The zero-order valence-electron chi connectivity index (χ0n) is 36.1. The molecular weight excluding hydrogens is 734 g/mol. The van der Waals surface area contributed by atoms with E-state index in [-0.39, 0.29) is 44.7 Å². The number of hydrogen-bond donors (Lipinski definition) is 2. The molecule has 4 saturated carbocycles. The van der Waals surface area contributed by atoms with Gasteiger partial charge in [0.15, 0.2) is 5.78 Å². The molecule has 0 aliphatic heterocycles. The molecule has 57 heavy (non-hydrogen) atoms. The number of carbonyl (C=O) groups excluding carboxylic acids is 1. The number of nitrogens with two attached hydrogens (primary N) is 1. The van der Waals surface area contributed by atoms with E-state index in [9.17, 15) is 19.5 Å². The quantitative estimate of drug-likeness (QED) is 0.219. The zero-order chi connectivity index (χ0) is 41.7. The Kier molecular flexibility index (Phi) is 10.5. The summed E-state index contributed by atoms with van der Waals surface area (Å²) < 4.78 is 10.4. The molecule has 1 heterocycles. The van der Waals surface area contributed by atoms with Crippen LogP contribution in [0.3, 0.4) is 0 Å². The lowest BCUT2D eigenvalue weighted by Crippen LogP contribution is -2.65. The fraction of sp³-hybridized carbons (Fsp3) is 0.688. The number of halogens is 1.